The highest BCUT2D eigenvalue weighted by Crippen LogP contribution is 2.29. The summed E-state index contributed by atoms with van der Waals surface area (Å²) in [6.45, 7) is 0.500. The molecule has 0 amide bonds. The minimum absolute atomic E-state index is 0.249. The molecule has 0 fully saturated rings. The number of alkyl halides is 2. The van der Waals surface area contributed by atoms with E-state index in [-0.39, 0.29) is 11.6 Å². The fourth-order valence-corrected chi connectivity index (χ4v) is 1.33. The van der Waals surface area contributed by atoms with Crippen LogP contribution in [0.4, 0.5) is 8.78 Å². The lowest BCUT2D eigenvalue weighted by Gasteiger charge is -2.03. The van der Waals surface area contributed by atoms with Gasteiger partial charge in [0.15, 0.2) is 5.01 Å². The van der Waals surface area contributed by atoms with E-state index in [0.717, 1.165) is 18.3 Å². The van der Waals surface area contributed by atoms with E-state index in [0.29, 0.717) is 5.69 Å². The monoisotopic (exact) mass is 179 g/mol. The van der Waals surface area contributed by atoms with Gasteiger partial charge in [0, 0.05) is 12.3 Å². The highest BCUT2D eigenvalue weighted by Gasteiger charge is 2.27. The zero-order valence-electron chi connectivity index (χ0n) is 5.84. The molecule has 62 valence electrons. The van der Waals surface area contributed by atoms with Crippen molar-refractivity contribution in [2.75, 3.05) is 0 Å². The van der Waals surface area contributed by atoms with Crippen LogP contribution in [0.2, 0.25) is 0 Å². The summed E-state index contributed by atoms with van der Waals surface area (Å²) in [5.74, 6) is -2.89. The van der Waals surface area contributed by atoms with E-state index < -0.39 is 5.92 Å². The molecule has 0 aliphatic rings. The normalized spacial score (nSPS) is 12.0. The van der Waals surface area contributed by atoms with Gasteiger partial charge in [0.25, 0.3) is 5.92 Å². The van der Waals surface area contributed by atoms with Gasteiger partial charge in [0.1, 0.15) is 0 Å². The second-order valence-corrected chi connectivity index (χ2v) is 3.05. The summed E-state index contributed by atoms with van der Waals surface area (Å²) in [5.41, 5.74) is 0.298. The number of hydrogen-bond acceptors (Lipinski definition) is 3. The standard InChI is InChI=1S/C6H7F2NOS/c1-6(7,8)5-9-4(2-10)3-11-5/h3,10H,2H2,1H3. The van der Waals surface area contributed by atoms with Gasteiger partial charge in [-0.15, -0.1) is 11.3 Å². The highest BCUT2D eigenvalue weighted by atomic mass is 32.1. The quantitative estimate of drug-likeness (QED) is 0.750. The third kappa shape index (κ3) is 1.94. The van der Waals surface area contributed by atoms with Crippen LogP contribution in [-0.4, -0.2) is 10.1 Å². The number of aliphatic hydroxyl groups excluding tert-OH is 1. The molecule has 0 bridgehead atoms. The molecule has 0 unspecified atom stereocenters. The Labute approximate surface area is 66.5 Å². The molecule has 1 N–H and O–H groups in total. The molecule has 0 spiro atoms. The first-order valence-corrected chi connectivity index (χ1v) is 3.85. The van der Waals surface area contributed by atoms with Crippen molar-refractivity contribution in [1.29, 1.82) is 0 Å². The fourth-order valence-electron chi connectivity index (χ4n) is 0.581. The van der Waals surface area contributed by atoms with Crippen LogP contribution in [0, 0.1) is 0 Å². The maximum absolute atomic E-state index is 12.5. The summed E-state index contributed by atoms with van der Waals surface area (Å²) in [6.07, 6.45) is 0. The van der Waals surface area contributed by atoms with Crippen molar-refractivity contribution in [3.8, 4) is 0 Å². The van der Waals surface area contributed by atoms with Gasteiger partial charge < -0.3 is 5.11 Å². The molecule has 0 aliphatic heterocycles. The van der Waals surface area contributed by atoms with Gasteiger partial charge in [-0.25, -0.2) is 4.98 Å². The second kappa shape index (κ2) is 2.83. The molecule has 0 atom stereocenters. The first-order valence-electron chi connectivity index (χ1n) is 2.97. The average Bonchev–Trinajstić information content (AvgIpc) is 2.32. The molecular formula is C6H7F2NOS. The van der Waals surface area contributed by atoms with Crippen molar-refractivity contribution in [3.63, 3.8) is 0 Å². The van der Waals surface area contributed by atoms with Crippen molar-refractivity contribution >= 4 is 11.3 Å². The van der Waals surface area contributed by atoms with E-state index in [4.69, 9.17) is 5.11 Å². The van der Waals surface area contributed by atoms with E-state index >= 15 is 0 Å². The fraction of sp³-hybridized carbons (Fsp3) is 0.500. The van der Waals surface area contributed by atoms with Gasteiger partial charge in [-0.1, -0.05) is 0 Å². The minimum atomic E-state index is -2.89. The lowest BCUT2D eigenvalue weighted by atomic mass is 10.4. The summed E-state index contributed by atoms with van der Waals surface area (Å²) in [4.78, 5) is 3.52. The van der Waals surface area contributed by atoms with E-state index in [1.807, 2.05) is 0 Å². The molecule has 1 rings (SSSR count). The molecule has 0 radical (unpaired) electrons. The van der Waals surface area contributed by atoms with Gasteiger partial charge in [-0.05, 0) is 0 Å². The Morgan fingerprint density at radius 2 is 2.36 bits per heavy atom. The van der Waals surface area contributed by atoms with Gasteiger partial charge in [-0.3, -0.25) is 0 Å². The number of nitrogens with zero attached hydrogens (tertiary/aromatic N) is 1. The Bertz CT molecular complexity index is 243. The molecule has 11 heavy (non-hydrogen) atoms. The van der Waals surface area contributed by atoms with Crippen LogP contribution in [0.15, 0.2) is 5.38 Å². The Hall–Kier alpha value is -0.550. The molecule has 0 saturated heterocycles. The SMILES string of the molecule is CC(F)(F)c1nc(CO)cs1. The van der Waals surface area contributed by atoms with E-state index in [9.17, 15) is 8.78 Å². The van der Waals surface area contributed by atoms with Gasteiger partial charge in [0.05, 0.1) is 12.3 Å². The summed E-state index contributed by atoms with van der Waals surface area (Å²) in [7, 11) is 0. The van der Waals surface area contributed by atoms with Gasteiger partial charge in [-0.2, -0.15) is 8.78 Å². The van der Waals surface area contributed by atoms with Crippen LogP contribution in [-0.2, 0) is 12.5 Å². The summed E-state index contributed by atoms with van der Waals surface area (Å²) < 4.78 is 24.9. The molecule has 0 aromatic carbocycles. The topological polar surface area (TPSA) is 33.1 Å². The van der Waals surface area contributed by atoms with Crippen LogP contribution in [0.3, 0.4) is 0 Å². The smallest absolute Gasteiger partial charge is 0.296 e. The van der Waals surface area contributed by atoms with E-state index in [1.165, 1.54) is 5.38 Å². The Morgan fingerprint density at radius 1 is 1.73 bits per heavy atom. The Kier molecular flexibility index (Phi) is 2.20. The van der Waals surface area contributed by atoms with Crippen LogP contribution in [0.25, 0.3) is 0 Å². The lowest BCUT2D eigenvalue weighted by molar-refractivity contribution is 0.0169. The van der Waals surface area contributed by atoms with Crippen LogP contribution in [0.1, 0.15) is 17.6 Å². The van der Waals surface area contributed by atoms with Crippen LogP contribution in [0.5, 0.6) is 0 Å². The number of aliphatic hydroxyl groups is 1. The molecule has 0 aliphatic carbocycles. The van der Waals surface area contributed by atoms with Crippen molar-refractivity contribution in [1.82, 2.24) is 4.98 Å². The number of hydrogen-bond donors (Lipinski definition) is 1. The Balaban J connectivity index is 2.89. The van der Waals surface area contributed by atoms with Crippen LogP contribution < -0.4 is 0 Å². The van der Waals surface area contributed by atoms with Crippen LogP contribution >= 0.6 is 11.3 Å². The molecule has 0 saturated carbocycles. The minimum Gasteiger partial charge on any atom is -0.390 e. The maximum Gasteiger partial charge on any atom is 0.296 e. The number of thiazole rings is 1. The van der Waals surface area contributed by atoms with Crippen molar-refractivity contribution in [2.45, 2.75) is 19.5 Å². The lowest BCUT2D eigenvalue weighted by Crippen LogP contribution is -2.06. The molecular weight excluding hydrogens is 172 g/mol. The maximum atomic E-state index is 12.5. The Morgan fingerprint density at radius 3 is 2.64 bits per heavy atom. The number of halogens is 2. The van der Waals surface area contributed by atoms with Gasteiger partial charge in [0.2, 0.25) is 0 Å². The average molecular weight is 179 g/mol. The zero-order chi connectivity index (χ0) is 8.48. The van der Waals surface area contributed by atoms with Crippen molar-refractivity contribution in [3.05, 3.63) is 16.1 Å². The van der Waals surface area contributed by atoms with Crippen molar-refractivity contribution < 1.29 is 13.9 Å². The van der Waals surface area contributed by atoms with E-state index in [1.54, 1.807) is 0 Å². The largest absolute Gasteiger partial charge is 0.390 e. The molecule has 1 aromatic heterocycles. The predicted molar refractivity (Wildman–Crippen MR) is 37.6 cm³/mol. The first-order chi connectivity index (χ1) is 5.04. The van der Waals surface area contributed by atoms with E-state index in [2.05, 4.69) is 4.98 Å². The third-order valence-electron chi connectivity index (χ3n) is 1.09. The predicted octanol–water partition coefficient (Wildman–Crippen LogP) is 1.75. The van der Waals surface area contributed by atoms with Gasteiger partial charge >= 0.3 is 0 Å². The highest BCUT2D eigenvalue weighted by molar-refractivity contribution is 7.09. The third-order valence-corrected chi connectivity index (χ3v) is 2.15. The van der Waals surface area contributed by atoms with Crippen molar-refractivity contribution in [2.24, 2.45) is 0 Å². The first kappa shape index (κ1) is 8.55. The summed E-state index contributed by atoms with van der Waals surface area (Å²) in [6, 6.07) is 0. The zero-order valence-corrected chi connectivity index (χ0v) is 6.66. The summed E-state index contributed by atoms with van der Waals surface area (Å²) >= 11 is 0.860. The second-order valence-electron chi connectivity index (χ2n) is 2.19. The number of rotatable bonds is 2. The molecule has 2 nitrogen and oxygen atoms in total. The summed E-state index contributed by atoms with van der Waals surface area (Å²) in [5, 5.41) is 9.69. The molecule has 1 heterocycles. The molecule has 1 aromatic rings. The number of aromatic nitrogens is 1. The molecule has 5 heteroatoms.